The molecule has 0 aromatic carbocycles. The van der Waals surface area contributed by atoms with Gasteiger partial charge in [-0.25, -0.2) is 0 Å². The Hall–Kier alpha value is -0.220. The quantitative estimate of drug-likeness (QED) is 0.806. The number of likely N-dealkylation sites (tertiary alicyclic amines) is 1. The number of piperidine rings is 2. The second kappa shape index (κ2) is 6.98. The molecule has 2 rings (SSSR count). The van der Waals surface area contributed by atoms with Crippen LogP contribution in [0.25, 0.3) is 0 Å². The first kappa shape index (κ1) is 15.2. The maximum atomic E-state index is 12.3. The minimum atomic E-state index is 0.389. The molecular weight excluding hydrogens is 256 g/mol. The molecule has 2 fully saturated rings. The minimum absolute atomic E-state index is 0.389. The van der Waals surface area contributed by atoms with Crippen LogP contribution in [0.15, 0.2) is 0 Å². The molecule has 2 aliphatic heterocycles. The van der Waals surface area contributed by atoms with Crippen LogP contribution in [0.4, 0.5) is 0 Å². The molecule has 2 aliphatic rings. The van der Waals surface area contributed by atoms with Crippen LogP contribution < -0.4 is 0 Å². The van der Waals surface area contributed by atoms with Gasteiger partial charge in [-0.05, 0) is 43.4 Å². The van der Waals surface area contributed by atoms with E-state index in [1.807, 2.05) is 0 Å². The monoisotopic (exact) mass is 284 g/mol. The zero-order valence-corrected chi connectivity index (χ0v) is 13.2. The average molecular weight is 284 g/mol. The third-order valence-electron chi connectivity index (χ3n) is 4.89. The third-order valence-corrected chi connectivity index (χ3v) is 5.29. The van der Waals surface area contributed by atoms with Crippen LogP contribution in [0.3, 0.4) is 0 Å². The molecule has 0 spiro atoms. The number of hydrogen-bond donors (Lipinski definition) is 1. The van der Waals surface area contributed by atoms with Crippen molar-refractivity contribution in [2.75, 3.05) is 26.2 Å². The molecule has 0 N–H and O–H groups in total. The molecule has 0 atom stereocenters. The molecule has 0 aliphatic carbocycles. The number of hydrogen-bond acceptors (Lipinski definition) is 3. The molecule has 2 saturated heterocycles. The van der Waals surface area contributed by atoms with Gasteiger partial charge in [-0.1, -0.05) is 26.7 Å². The van der Waals surface area contributed by atoms with E-state index < -0.39 is 0 Å². The second-order valence-corrected chi connectivity index (χ2v) is 7.13. The summed E-state index contributed by atoms with van der Waals surface area (Å²) in [6, 6.07) is 0. The Kier molecular flexibility index (Phi) is 5.58. The van der Waals surface area contributed by atoms with E-state index in [9.17, 15) is 4.79 Å². The van der Waals surface area contributed by atoms with Crippen molar-refractivity contribution in [1.29, 1.82) is 0 Å². The highest BCUT2D eigenvalue weighted by Gasteiger charge is 2.27. The summed E-state index contributed by atoms with van der Waals surface area (Å²) < 4.78 is 2.06. The van der Waals surface area contributed by atoms with Crippen molar-refractivity contribution in [3.05, 3.63) is 0 Å². The SMILES string of the molecule is CC(C)C1CCN(C(=O)CC2CCN(S)CC2)CC1. The van der Waals surface area contributed by atoms with Gasteiger partial charge < -0.3 is 4.90 Å². The van der Waals surface area contributed by atoms with E-state index in [0.29, 0.717) is 11.8 Å². The summed E-state index contributed by atoms with van der Waals surface area (Å²) in [6.07, 6.45) is 5.39. The normalized spacial score (nSPS) is 24.1. The molecule has 19 heavy (non-hydrogen) atoms. The molecule has 4 heteroatoms. The minimum Gasteiger partial charge on any atom is -0.343 e. The van der Waals surface area contributed by atoms with Gasteiger partial charge in [0.15, 0.2) is 0 Å². The summed E-state index contributed by atoms with van der Waals surface area (Å²) in [5.74, 6) is 2.55. The topological polar surface area (TPSA) is 23.6 Å². The van der Waals surface area contributed by atoms with Gasteiger partial charge in [0.05, 0.1) is 0 Å². The van der Waals surface area contributed by atoms with Crippen molar-refractivity contribution in [3.8, 4) is 0 Å². The molecule has 3 nitrogen and oxygen atoms in total. The van der Waals surface area contributed by atoms with Gasteiger partial charge in [0.25, 0.3) is 0 Å². The van der Waals surface area contributed by atoms with E-state index in [1.165, 1.54) is 12.8 Å². The van der Waals surface area contributed by atoms with E-state index in [1.54, 1.807) is 0 Å². The predicted octanol–water partition coefficient (Wildman–Crippen LogP) is 2.83. The number of carbonyl (C=O) groups excluding carboxylic acids is 1. The highest BCUT2D eigenvalue weighted by Crippen LogP contribution is 2.27. The lowest BCUT2D eigenvalue weighted by molar-refractivity contribution is -0.134. The van der Waals surface area contributed by atoms with Gasteiger partial charge in [-0.2, -0.15) is 0 Å². The maximum absolute atomic E-state index is 12.3. The Balaban J connectivity index is 1.72. The number of thiol groups is 1. The maximum Gasteiger partial charge on any atom is 0.222 e. The van der Waals surface area contributed by atoms with Crippen LogP contribution >= 0.6 is 12.8 Å². The van der Waals surface area contributed by atoms with E-state index in [-0.39, 0.29) is 0 Å². The summed E-state index contributed by atoms with van der Waals surface area (Å²) in [5.41, 5.74) is 0. The van der Waals surface area contributed by atoms with E-state index in [4.69, 9.17) is 0 Å². The third kappa shape index (κ3) is 4.38. The summed E-state index contributed by atoms with van der Waals surface area (Å²) >= 11 is 4.36. The Morgan fingerprint density at radius 2 is 1.68 bits per heavy atom. The molecule has 0 saturated carbocycles. The van der Waals surface area contributed by atoms with Crippen molar-refractivity contribution in [3.63, 3.8) is 0 Å². The highest BCUT2D eigenvalue weighted by atomic mass is 32.1. The van der Waals surface area contributed by atoms with Crippen LogP contribution in [0.2, 0.25) is 0 Å². The smallest absolute Gasteiger partial charge is 0.222 e. The van der Waals surface area contributed by atoms with Gasteiger partial charge in [-0.15, -0.1) is 0 Å². The van der Waals surface area contributed by atoms with Crippen molar-refractivity contribution in [1.82, 2.24) is 9.21 Å². The zero-order chi connectivity index (χ0) is 13.8. The number of carbonyl (C=O) groups is 1. The Morgan fingerprint density at radius 3 is 2.21 bits per heavy atom. The summed E-state index contributed by atoms with van der Waals surface area (Å²) in [4.78, 5) is 14.4. The van der Waals surface area contributed by atoms with Gasteiger partial charge in [0, 0.05) is 32.6 Å². The predicted molar refractivity (Wildman–Crippen MR) is 82.0 cm³/mol. The fraction of sp³-hybridized carbons (Fsp3) is 0.933. The van der Waals surface area contributed by atoms with Gasteiger partial charge in [0.2, 0.25) is 5.91 Å². The van der Waals surface area contributed by atoms with Crippen LogP contribution in [-0.2, 0) is 4.79 Å². The molecule has 0 radical (unpaired) electrons. The van der Waals surface area contributed by atoms with E-state index in [2.05, 4.69) is 35.9 Å². The van der Waals surface area contributed by atoms with Crippen LogP contribution in [0.5, 0.6) is 0 Å². The van der Waals surface area contributed by atoms with Crippen molar-refractivity contribution in [2.24, 2.45) is 17.8 Å². The first-order chi connectivity index (χ1) is 9.06. The zero-order valence-electron chi connectivity index (χ0n) is 12.3. The lowest BCUT2D eigenvalue weighted by Gasteiger charge is -2.35. The Bertz CT molecular complexity index is 293. The first-order valence-corrected chi connectivity index (χ1v) is 8.18. The largest absolute Gasteiger partial charge is 0.343 e. The molecule has 1 amide bonds. The number of rotatable bonds is 3. The first-order valence-electron chi connectivity index (χ1n) is 7.78. The summed E-state index contributed by atoms with van der Waals surface area (Å²) in [7, 11) is 0. The summed E-state index contributed by atoms with van der Waals surface area (Å²) in [5, 5.41) is 0. The van der Waals surface area contributed by atoms with Crippen LogP contribution in [0.1, 0.15) is 46.0 Å². The van der Waals surface area contributed by atoms with Crippen LogP contribution in [0, 0.1) is 17.8 Å². The molecule has 0 aromatic heterocycles. The van der Waals surface area contributed by atoms with Crippen molar-refractivity contribution < 1.29 is 4.79 Å². The molecule has 0 aromatic rings. The van der Waals surface area contributed by atoms with E-state index >= 15 is 0 Å². The fourth-order valence-corrected chi connectivity index (χ4v) is 3.55. The van der Waals surface area contributed by atoms with E-state index in [0.717, 1.165) is 57.3 Å². The standard InChI is InChI=1S/C15H28N2OS/c1-12(2)14-5-7-16(8-6-14)15(18)11-13-3-9-17(19)10-4-13/h12-14,19H,3-11H2,1-2H3. The molecular formula is C15H28N2OS. The molecule has 0 bridgehead atoms. The summed E-state index contributed by atoms with van der Waals surface area (Å²) in [6.45, 7) is 8.61. The molecule has 2 heterocycles. The average Bonchev–Trinajstić information content (AvgIpc) is 2.41. The lowest BCUT2D eigenvalue weighted by Crippen LogP contribution is -2.41. The van der Waals surface area contributed by atoms with Crippen LogP contribution in [-0.4, -0.2) is 41.3 Å². The number of nitrogens with zero attached hydrogens (tertiary/aromatic N) is 2. The van der Waals surface area contributed by atoms with Gasteiger partial charge in [-0.3, -0.25) is 9.10 Å². The molecule has 0 unspecified atom stereocenters. The Morgan fingerprint density at radius 1 is 1.11 bits per heavy atom. The van der Waals surface area contributed by atoms with Gasteiger partial charge >= 0.3 is 0 Å². The van der Waals surface area contributed by atoms with Gasteiger partial charge in [0.1, 0.15) is 0 Å². The van der Waals surface area contributed by atoms with Crippen molar-refractivity contribution in [2.45, 2.75) is 46.0 Å². The van der Waals surface area contributed by atoms with Crippen molar-refractivity contribution >= 4 is 18.7 Å². The number of amides is 1. The fourth-order valence-electron chi connectivity index (χ4n) is 3.32. The molecule has 110 valence electrons. The highest BCUT2D eigenvalue weighted by molar-refractivity contribution is 7.77. The second-order valence-electron chi connectivity index (χ2n) is 6.56. The Labute approximate surface area is 123 Å². The lowest BCUT2D eigenvalue weighted by atomic mass is 9.86.